The second kappa shape index (κ2) is 23.1. The van der Waals surface area contributed by atoms with Crippen molar-refractivity contribution in [1.82, 2.24) is 4.90 Å². The minimum atomic E-state index is -4.14. The number of hydrogen-bond acceptors (Lipinski definition) is 5. The monoisotopic (exact) mass is 565 g/mol. The summed E-state index contributed by atoms with van der Waals surface area (Å²) in [4.78, 5) is 23.2. The molecule has 0 saturated carbocycles. The van der Waals surface area contributed by atoms with E-state index in [9.17, 15) is 14.3 Å². The van der Waals surface area contributed by atoms with Crippen molar-refractivity contribution in [1.29, 1.82) is 0 Å². The average molecular weight is 566 g/mol. The van der Waals surface area contributed by atoms with E-state index in [1.807, 2.05) is 21.1 Å². The predicted octanol–water partition coefficient (Wildman–Crippen LogP) is 7.79. The number of amides is 1. The molecule has 2 unspecified atom stereocenters. The predicted molar refractivity (Wildman–Crippen MR) is 157 cm³/mol. The molecule has 0 bridgehead atoms. The van der Waals surface area contributed by atoms with Gasteiger partial charge in [0.15, 0.2) is 0 Å². The first-order valence-corrected chi connectivity index (χ1v) is 16.7. The molecular weight excluding hydrogens is 503 g/mol. The van der Waals surface area contributed by atoms with Gasteiger partial charge in [0.1, 0.15) is 13.2 Å². The Balaban J connectivity index is 4.03. The van der Waals surface area contributed by atoms with Gasteiger partial charge in [-0.3, -0.25) is 9.05 Å². The van der Waals surface area contributed by atoms with Crippen molar-refractivity contribution in [2.24, 2.45) is 5.92 Å². The van der Waals surface area contributed by atoms with E-state index < -0.39 is 13.9 Å². The normalized spacial score (nSPS) is 14.3. The molecule has 0 rings (SSSR count). The summed E-state index contributed by atoms with van der Waals surface area (Å²) < 4.78 is 28.6. The summed E-state index contributed by atoms with van der Waals surface area (Å²) in [6.45, 7) is 3.19. The maximum atomic E-state index is 12.3. The number of hydrogen-bond donors (Lipinski definition) is 1. The van der Waals surface area contributed by atoms with Crippen LogP contribution in [0.15, 0.2) is 0 Å². The third-order valence-electron chi connectivity index (χ3n) is 6.76. The van der Waals surface area contributed by atoms with Crippen molar-refractivity contribution in [3.63, 3.8) is 0 Å². The summed E-state index contributed by atoms with van der Waals surface area (Å²) in [5, 5.41) is 0. The van der Waals surface area contributed by atoms with E-state index in [-0.39, 0.29) is 25.7 Å². The number of phosphoric ester groups is 1. The Labute approximate surface area is 235 Å². The van der Waals surface area contributed by atoms with Crippen LogP contribution in [0.1, 0.15) is 116 Å². The minimum Gasteiger partial charge on any atom is -0.449 e. The zero-order chi connectivity index (χ0) is 28.7. The van der Waals surface area contributed by atoms with E-state index in [4.69, 9.17) is 13.8 Å². The first-order chi connectivity index (χ1) is 18.0. The number of rotatable bonds is 26. The van der Waals surface area contributed by atoms with Crippen molar-refractivity contribution in [2.75, 3.05) is 61.6 Å². The lowest BCUT2D eigenvalue weighted by Gasteiger charge is -2.24. The molecule has 1 N–H and O–H groups in total. The maximum absolute atomic E-state index is 12.3. The van der Waals surface area contributed by atoms with Crippen LogP contribution in [0.3, 0.4) is 0 Å². The van der Waals surface area contributed by atoms with Crippen molar-refractivity contribution in [3.8, 4) is 0 Å². The van der Waals surface area contributed by atoms with Crippen LogP contribution in [0.4, 0.5) is 4.79 Å². The Morgan fingerprint density at radius 3 is 1.63 bits per heavy atom. The highest BCUT2D eigenvalue weighted by Gasteiger charge is 2.25. The highest BCUT2D eigenvalue weighted by molar-refractivity contribution is 7.47. The van der Waals surface area contributed by atoms with Crippen LogP contribution < -0.4 is 0 Å². The molecular formula is C29H62N2O6P+. The van der Waals surface area contributed by atoms with E-state index in [1.165, 1.54) is 94.8 Å². The summed E-state index contributed by atoms with van der Waals surface area (Å²) in [7, 11) is 5.09. The highest BCUT2D eigenvalue weighted by atomic mass is 31.2. The number of carbonyl (C=O) groups excluding carboxylic acids is 1. The molecule has 0 aliphatic rings. The molecule has 1 amide bonds. The number of carbonyl (C=O) groups is 1. The van der Waals surface area contributed by atoms with E-state index in [1.54, 1.807) is 14.1 Å². The molecule has 0 aliphatic carbocycles. The van der Waals surface area contributed by atoms with Gasteiger partial charge < -0.3 is 19.0 Å². The van der Waals surface area contributed by atoms with Gasteiger partial charge in [0, 0.05) is 20.0 Å². The molecule has 9 heteroatoms. The van der Waals surface area contributed by atoms with Gasteiger partial charge in [-0.2, -0.15) is 0 Å². The molecule has 0 fully saturated rings. The molecule has 228 valence electrons. The second-order valence-corrected chi connectivity index (χ2v) is 13.5. The van der Waals surface area contributed by atoms with Gasteiger partial charge in [0.05, 0.1) is 34.4 Å². The standard InChI is InChI=1S/C29H61N2O6P/c1-7-8-9-10-11-12-13-14-15-16-17-18-19-20-21-22-23-28(26-35-29(32)30(2)3)27-37-38(33,34)36-25-24-31(4,5)6/h28H,7-27H2,1-6H3/p+1. The summed E-state index contributed by atoms with van der Waals surface area (Å²) in [6, 6.07) is 0. The Kier molecular flexibility index (Phi) is 22.7. The smallest absolute Gasteiger partial charge is 0.449 e. The van der Waals surface area contributed by atoms with Gasteiger partial charge in [0.25, 0.3) is 0 Å². The zero-order valence-corrected chi connectivity index (χ0v) is 26.7. The van der Waals surface area contributed by atoms with Crippen molar-refractivity contribution >= 4 is 13.9 Å². The van der Waals surface area contributed by atoms with E-state index in [0.29, 0.717) is 11.0 Å². The zero-order valence-electron chi connectivity index (χ0n) is 25.8. The Bertz CT molecular complexity index is 612. The lowest BCUT2D eigenvalue weighted by atomic mass is 10.0. The van der Waals surface area contributed by atoms with Crippen LogP contribution >= 0.6 is 7.82 Å². The molecule has 0 heterocycles. The summed E-state index contributed by atoms with van der Waals surface area (Å²) >= 11 is 0. The van der Waals surface area contributed by atoms with E-state index in [2.05, 4.69) is 6.92 Å². The van der Waals surface area contributed by atoms with Crippen LogP contribution in [0.25, 0.3) is 0 Å². The van der Waals surface area contributed by atoms with Crippen LogP contribution in [0, 0.1) is 5.92 Å². The fourth-order valence-electron chi connectivity index (χ4n) is 4.18. The maximum Gasteiger partial charge on any atom is 0.472 e. The molecule has 0 aromatic rings. The van der Waals surface area contributed by atoms with Gasteiger partial charge in [-0.1, -0.05) is 110 Å². The van der Waals surface area contributed by atoms with Gasteiger partial charge >= 0.3 is 13.9 Å². The van der Waals surface area contributed by atoms with Crippen LogP contribution in [-0.2, 0) is 18.3 Å². The first kappa shape index (κ1) is 37.3. The van der Waals surface area contributed by atoms with Crippen molar-refractivity contribution in [2.45, 2.75) is 116 Å². The number of phosphoric acid groups is 1. The SMILES string of the molecule is CCCCCCCCCCCCCCCCCCC(COC(=O)N(C)C)COP(=O)(O)OCC[N+](C)(C)C. The lowest BCUT2D eigenvalue weighted by molar-refractivity contribution is -0.870. The molecule has 0 radical (unpaired) electrons. The summed E-state index contributed by atoms with van der Waals surface area (Å²) in [5.41, 5.74) is 0. The van der Waals surface area contributed by atoms with Gasteiger partial charge in [-0.05, 0) is 6.42 Å². The van der Waals surface area contributed by atoms with Crippen LogP contribution in [0.5, 0.6) is 0 Å². The number of unbranched alkanes of at least 4 members (excludes halogenated alkanes) is 15. The topological polar surface area (TPSA) is 85.3 Å². The number of quaternary nitrogens is 1. The molecule has 0 aliphatic heterocycles. The fraction of sp³-hybridized carbons (Fsp3) is 0.966. The fourth-order valence-corrected chi connectivity index (χ4v) is 4.97. The minimum absolute atomic E-state index is 0.0254. The number of likely N-dealkylation sites (N-methyl/N-ethyl adjacent to an activating group) is 1. The number of ether oxygens (including phenoxy) is 1. The van der Waals surface area contributed by atoms with E-state index >= 15 is 0 Å². The van der Waals surface area contributed by atoms with E-state index in [0.717, 1.165) is 19.3 Å². The van der Waals surface area contributed by atoms with Crippen LogP contribution in [0.2, 0.25) is 0 Å². The molecule has 0 spiro atoms. The summed E-state index contributed by atoms with van der Waals surface area (Å²) in [6.07, 6.45) is 21.4. The first-order valence-electron chi connectivity index (χ1n) is 15.2. The van der Waals surface area contributed by atoms with Crippen molar-refractivity contribution < 1.29 is 32.5 Å². The van der Waals surface area contributed by atoms with Crippen molar-refractivity contribution in [3.05, 3.63) is 0 Å². The molecule has 0 aromatic carbocycles. The molecule has 0 aromatic heterocycles. The Morgan fingerprint density at radius 2 is 1.21 bits per heavy atom. The molecule has 38 heavy (non-hydrogen) atoms. The van der Waals surface area contributed by atoms with Gasteiger partial charge in [-0.15, -0.1) is 0 Å². The highest BCUT2D eigenvalue weighted by Crippen LogP contribution is 2.43. The van der Waals surface area contributed by atoms with Gasteiger partial charge in [0.2, 0.25) is 0 Å². The van der Waals surface area contributed by atoms with Gasteiger partial charge in [-0.25, -0.2) is 9.36 Å². The third kappa shape index (κ3) is 25.6. The molecule has 0 saturated heterocycles. The lowest BCUT2D eigenvalue weighted by Crippen LogP contribution is -2.37. The largest absolute Gasteiger partial charge is 0.472 e. The third-order valence-corrected chi connectivity index (χ3v) is 7.75. The molecule has 8 nitrogen and oxygen atoms in total. The molecule has 2 atom stereocenters. The second-order valence-electron chi connectivity index (χ2n) is 12.0. The number of nitrogens with zero attached hydrogens (tertiary/aromatic N) is 2. The average Bonchev–Trinajstić information content (AvgIpc) is 2.83. The van der Waals surface area contributed by atoms with Crippen LogP contribution in [-0.4, -0.2) is 82.0 Å². The summed E-state index contributed by atoms with van der Waals surface area (Å²) in [5.74, 6) is -0.145. The Morgan fingerprint density at radius 1 is 0.763 bits per heavy atom. The Hall–Kier alpha value is -0.660. The quantitative estimate of drug-likeness (QED) is 0.0654.